The number of likely N-dealkylation sites (N-methyl/N-ethyl adjacent to an activating group) is 1. The molecule has 0 unspecified atom stereocenters. The van der Waals surface area contributed by atoms with Crippen LogP contribution in [0.4, 0.5) is 4.79 Å². The molecule has 0 spiro atoms. The number of amides is 1. The van der Waals surface area contributed by atoms with Gasteiger partial charge >= 0.3 is 6.09 Å². The minimum Gasteiger partial charge on any atom is -0.454 e. The van der Waals surface area contributed by atoms with Crippen LogP contribution in [0.2, 0.25) is 0 Å². The van der Waals surface area contributed by atoms with Crippen molar-refractivity contribution < 1.29 is 23.7 Å². The first-order valence-electron chi connectivity index (χ1n) is 8.03. The van der Waals surface area contributed by atoms with Crippen molar-refractivity contribution in [3.8, 4) is 11.5 Å². The number of carbonyl (C=O) groups is 1. The van der Waals surface area contributed by atoms with E-state index in [0.29, 0.717) is 19.3 Å². The molecule has 1 atom stereocenters. The van der Waals surface area contributed by atoms with Crippen molar-refractivity contribution in [3.63, 3.8) is 0 Å². The average Bonchev–Trinajstić information content (AvgIpc) is 3.26. The predicted octanol–water partition coefficient (Wildman–Crippen LogP) is 2.59. The number of rotatable bonds is 7. The quantitative estimate of drug-likeness (QED) is 0.723. The van der Waals surface area contributed by atoms with Crippen molar-refractivity contribution in [2.75, 3.05) is 27.1 Å². The lowest BCUT2D eigenvalue weighted by molar-refractivity contribution is 0.0474. The van der Waals surface area contributed by atoms with E-state index < -0.39 is 0 Å². The summed E-state index contributed by atoms with van der Waals surface area (Å²) in [6.07, 6.45) is 3.04. The van der Waals surface area contributed by atoms with Gasteiger partial charge in [-0.05, 0) is 43.9 Å². The summed E-state index contributed by atoms with van der Waals surface area (Å²) in [4.78, 5) is 13.6. The minimum atomic E-state index is -0.322. The Labute approximate surface area is 136 Å². The first kappa shape index (κ1) is 15.9. The molecule has 1 heterocycles. The molecule has 1 aliphatic heterocycles. The van der Waals surface area contributed by atoms with Crippen LogP contribution in [-0.4, -0.2) is 50.2 Å². The molecule has 2 aliphatic rings. The molecule has 0 aromatic heterocycles. The highest BCUT2D eigenvalue weighted by molar-refractivity contribution is 5.67. The summed E-state index contributed by atoms with van der Waals surface area (Å²) in [5, 5.41) is 0. The standard InChI is InChI=1S/C17H23NO5/c1-12(9-13-3-6-15-16(10-13)23-11-22-15)18(2)17(19)21-8-7-20-14-4-5-14/h3,6,10,12,14H,4-5,7-9,11H2,1-2H3/t12-/m0/s1. The first-order chi connectivity index (χ1) is 11.1. The van der Waals surface area contributed by atoms with Gasteiger partial charge in [-0.15, -0.1) is 0 Å². The van der Waals surface area contributed by atoms with E-state index >= 15 is 0 Å². The third-order valence-electron chi connectivity index (χ3n) is 4.10. The lowest BCUT2D eigenvalue weighted by Gasteiger charge is -2.24. The van der Waals surface area contributed by atoms with Crippen LogP contribution in [0.25, 0.3) is 0 Å². The van der Waals surface area contributed by atoms with Crippen LogP contribution in [0.5, 0.6) is 11.5 Å². The van der Waals surface area contributed by atoms with Gasteiger partial charge < -0.3 is 23.8 Å². The fourth-order valence-electron chi connectivity index (χ4n) is 2.41. The highest BCUT2D eigenvalue weighted by Crippen LogP contribution is 2.33. The van der Waals surface area contributed by atoms with Gasteiger partial charge in [0, 0.05) is 13.1 Å². The molecular formula is C17H23NO5. The van der Waals surface area contributed by atoms with E-state index in [1.54, 1.807) is 11.9 Å². The van der Waals surface area contributed by atoms with E-state index in [1.807, 2.05) is 25.1 Å². The maximum Gasteiger partial charge on any atom is 0.409 e. The lowest BCUT2D eigenvalue weighted by atomic mass is 10.1. The molecule has 3 rings (SSSR count). The minimum absolute atomic E-state index is 0.0206. The molecule has 6 heteroatoms. The molecule has 126 valence electrons. The molecule has 1 amide bonds. The highest BCUT2D eigenvalue weighted by Gasteiger charge is 2.22. The first-order valence-corrected chi connectivity index (χ1v) is 8.03. The monoisotopic (exact) mass is 321 g/mol. The Balaban J connectivity index is 1.44. The molecule has 0 bridgehead atoms. The molecule has 1 fully saturated rings. The fourth-order valence-corrected chi connectivity index (χ4v) is 2.41. The Hall–Kier alpha value is -1.95. The van der Waals surface area contributed by atoms with Gasteiger partial charge in [0.25, 0.3) is 0 Å². The van der Waals surface area contributed by atoms with E-state index in [9.17, 15) is 4.79 Å². The normalized spacial score (nSPS) is 17.0. The van der Waals surface area contributed by atoms with Crippen molar-refractivity contribution in [2.45, 2.75) is 38.3 Å². The lowest BCUT2D eigenvalue weighted by Crippen LogP contribution is -2.37. The Morgan fingerprint density at radius 2 is 2.09 bits per heavy atom. The summed E-state index contributed by atoms with van der Waals surface area (Å²) < 4.78 is 21.4. The van der Waals surface area contributed by atoms with Gasteiger partial charge in [0.15, 0.2) is 11.5 Å². The predicted molar refractivity (Wildman–Crippen MR) is 83.8 cm³/mol. The summed E-state index contributed by atoms with van der Waals surface area (Å²) in [6.45, 7) is 3.03. The second-order valence-corrected chi connectivity index (χ2v) is 6.04. The van der Waals surface area contributed by atoms with Crippen LogP contribution in [0.1, 0.15) is 25.3 Å². The van der Waals surface area contributed by atoms with Crippen LogP contribution >= 0.6 is 0 Å². The molecule has 23 heavy (non-hydrogen) atoms. The van der Waals surface area contributed by atoms with Crippen molar-refractivity contribution in [1.29, 1.82) is 0 Å². The zero-order chi connectivity index (χ0) is 16.2. The molecule has 6 nitrogen and oxygen atoms in total. The topological polar surface area (TPSA) is 57.2 Å². The van der Waals surface area contributed by atoms with Gasteiger partial charge in [0.05, 0.1) is 12.7 Å². The Morgan fingerprint density at radius 3 is 2.87 bits per heavy atom. The molecule has 0 N–H and O–H groups in total. The summed E-state index contributed by atoms with van der Waals surface area (Å²) in [5.74, 6) is 1.53. The smallest absolute Gasteiger partial charge is 0.409 e. The van der Waals surface area contributed by atoms with E-state index in [4.69, 9.17) is 18.9 Å². The van der Waals surface area contributed by atoms with Gasteiger partial charge in [0.2, 0.25) is 6.79 Å². The Kier molecular flexibility index (Phi) is 4.91. The molecule has 1 saturated carbocycles. The van der Waals surface area contributed by atoms with Crippen molar-refractivity contribution in [3.05, 3.63) is 23.8 Å². The number of benzene rings is 1. The number of hydrogen-bond acceptors (Lipinski definition) is 5. The van der Waals surface area contributed by atoms with Gasteiger partial charge in [-0.25, -0.2) is 4.79 Å². The molecular weight excluding hydrogens is 298 g/mol. The second kappa shape index (κ2) is 7.08. The number of ether oxygens (including phenoxy) is 4. The molecule has 0 saturated heterocycles. The van der Waals surface area contributed by atoms with Crippen molar-refractivity contribution >= 4 is 6.09 Å². The fraction of sp³-hybridized carbons (Fsp3) is 0.588. The number of carbonyl (C=O) groups excluding carboxylic acids is 1. The molecule has 1 aromatic carbocycles. The summed E-state index contributed by atoms with van der Waals surface area (Å²) in [7, 11) is 1.75. The summed E-state index contributed by atoms with van der Waals surface area (Å²) in [6, 6.07) is 5.87. The SMILES string of the molecule is C[C@@H](Cc1ccc2c(c1)OCO2)N(C)C(=O)OCCOC1CC1. The third-order valence-corrected chi connectivity index (χ3v) is 4.10. The van der Waals surface area contributed by atoms with Crippen LogP contribution in [0.15, 0.2) is 18.2 Å². The van der Waals surface area contributed by atoms with E-state index in [-0.39, 0.29) is 18.9 Å². The van der Waals surface area contributed by atoms with E-state index in [2.05, 4.69) is 0 Å². The Morgan fingerprint density at radius 1 is 1.30 bits per heavy atom. The number of fused-ring (bicyclic) bond motifs is 1. The largest absolute Gasteiger partial charge is 0.454 e. The highest BCUT2D eigenvalue weighted by atomic mass is 16.7. The number of nitrogens with zero attached hydrogens (tertiary/aromatic N) is 1. The van der Waals surface area contributed by atoms with Crippen molar-refractivity contribution in [2.24, 2.45) is 0 Å². The maximum absolute atomic E-state index is 12.0. The van der Waals surface area contributed by atoms with Crippen LogP contribution in [-0.2, 0) is 15.9 Å². The van der Waals surface area contributed by atoms with E-state index in [1.165, 1.54) is 0 Å². The Bertz CT molecular complexity index is 558. The average molecular weight is 321 g/mol. The molecule has 0 radical (unpaired) electrons. The van der Waals surface area contributed by atoms with Gasteiger partial charge in [0.1, 0.15) is 6.61 Å². The second-order valence-electron chi connectivity index (χ2n) is 6.04. The van der Waals surface area contributed by atoms with Gasteiger partial charge in [-0.2, -0.15) is 0 Å². The summed E-state index contributed by atoms with van der Waals surface area (Å²) in [5.41, 5.74) is 1.10. The number of hydrogen-bond donors (Lipinski definition) is 0. The summed E-state index contributed by atoms with van der Waals surface area (Å²) >= 11 is 0. The third kappa shape index (κ3) is 4.28. The van der Waals surface area contributed by atoms with Gasteiger partial charge in [-0.1, -0.05) is 6.07 Å². The van der Waals surface area contributed by atoms with E-state index in [0.717, 1.165) is 36.3 Å². The van der Waals surface area contributed by atoms with Gasteiger partial charge in [-0.3, -0.25) is 0 Å². The van der Waals surface area contributed by atoms with Crippen LogP contribution < -0.4 is 9.47 Å². The van der Waals surface area contributed by atoms with Crippen molar-refractivity contribution in [1.82, 2.24) is 4.90 Å². The zero-order valence-electron chi connectivity index (χ0n) is 13.6. The zero-order valence-corrected chi connectivity index (χ0v) is 13.6. The molecule has 1 aromatic rings. The molecule has 1 aliphatic carbocycles. The van der Waals surface area contributed by atoms with Crippen LogP contribution in [0.3, 0.4) is 0 Å². The van der Waals surface area contributed by atoms with Crippen LogP contribution in [0, 0.1) is 0 Å². The maximum atomic E-state index is 12.0.